The largest absolute Gasteiger partial charge is 0.495 e. The highest BCUT2D eigenvalue weighted by molar-refractivity contribution is 7.16. The molecule has 1 aliphatic carbocycles. The number of carbonyl (C=O) groups excluding carboxylic acids is 1. The van der Waals surface area contributed by atoms with E-state index >= 15 is 0 Å². The number of halogens is 1. The quantitative estimate of drug-likeness (QED) is 0.865. The Morgan fingerprint density at radius 2 is 2.29 bits per heavy atom. The predicted molar refractivity (Wildman–Crippen MR) is 96.2 cm³/mol. The second kappa shape index (κ2) is 6.84. The Balaban J connectivity index is 1.87. The minimum atomic E-state index is -0.275. The van der Waals surface area contributed by atoms with Crippen molar-refractivity contribution < 1.29 is 9.53 Å². The van der Waals surface area contributed by atoms with E-state index in [0.29, 0.717) is 32.8 Å². The fourth-order valence-corrected chi connectivity index (χ4v) is 4.55. The molecule has 24 heavy (non-hydrogen) atoms. The van der Waals surface area contributed by atoms with E-state index in [1.165, 1.54) is 23.3 Å². The Kier molecular flexibility index (Phi) is 4.79. The summed E-state index contributed by atoms with van der Waals surface area (Å²) in [5.74, 6) is 0.862. The van der Waals surface area contributed by atoms with Gasteiger partial charge in [-0.2, -0.15) is 5.26 Å². The molecule has 1 atom stereocenters. The van der Waals surface area contributed by atoms with Gasteiger partial charge in [0.15, 0.2) is 0 Å². The van der Waals surface area contributed by atoms with Gasteiger partial charge in [-0.05, 0) is 48.9 Å². The van der Waals surface area contributed by atoms with Crippen molar-refractivity contribution in [1.29, 1.82) is 5.26 Å². The van der Waals surface area contributed by atoms with Crippen LogP contribution in [-0.4, -0.2) is 13.0 Å². The van der Waals surface area contributed by atoms with Gasteiger partial charge in [0, 0.05) is 10.4 Å². The zero-order valence-electron chi connectivity index (χ0n) is 13.5. The van der Waals surface area contributed by atoms with Gasteiger partial charge in [0.25, 0.3) is 5.91 Å². The number of methoxy groups -OCH3 is 1. The predicted octanol–water partition coefficient (Wildman–Crippen LogP) is 4.66. The molecule has 6 heteroatoms. The number of anilines is 1. The van der Waals surface area contributed by atoms with Gasteiger partial charge in [-0.1, -0.05) is 18.5 Å². The van der Waals surface area contributed by atoms with Gasteiger partial charge in [-0.25, -0.2) is 0 Å². The maximum atomic E-state index is 12.5. The van der Waals surface area contributed by atoms with Gasteiger partial charge in [0.05, 0.1) is 17.7 Å². The first-order chi connectivity index (χ1) is 11.5. The van der Waals surface area contributed by atoms with Crippen LogP contribution in [0.5, 0.6) is 5.75 Å². The van der Waals surface area contributed by atoms with Gasteiger partial charge >= 0.3 is 0 Å². The van der Waals surface area contributed by atoms with Crippen molar-refractivity contribution in [1.82, 2.24) is 0 Å². The van der Waals surface area contributed by atoms with Crippen LogP contribution >= 0.6 is 22.9 Å². The smallest absolute Gasteiger partial charge is 0.256 e. The Morgan fingerprint density at radius 1 is 1.50 bits per heavy atom. The van der Waals surface area contributed by atoms with Crippen LogP contribution in [-0.2, 0) is 12.8 Å². The summed E-state index contributed by atoms with van der Waals surface area (Å²) in [7, 11) is 1.53. The lowest BCUT2D eigenvalue weighted by molar-refractivity contribution is 0.102. The zero-order chi connectivity index (χ0) is 17.3. The number of hydrogen-bond donors (Lipinski definition) is 1. The third-order valence-corrected chi connectivity index (χ3v) is 5.73. The monoisotopic (exact) mass is 360 g/mol. The summed E-state index contributed by atoms with van der Waals surface area (Å²) in [6.45, 7) is 2.21. The molecule has 2 aromatic rings. The summed E-state index contributed by atoms with van der Waals surface area (Å²) >= 11 is 7.59. The van der Waals surface area contributed by atoms with E-state index in [2.05, 4.69) is 18.3 Å². The molecule has 0 bridgehead atoms. The fraction of sp³-hybridized carbons (Fsp3) is 0.333. The van der Waals surface area contributed by atoms with Crippen molar-refractivity contribution in [2.45, 2.75) is 26.2 Å². The van der Waals surface area contributed by atoms with Gasteiger partial charge in [0.1, 0.15) is 16.8 Å². The number of thiophene rings is 1. The van der Waals surface area contributed by atoms with Crippen molar-refractivity contribution >= 4 is 33.8 Å². The van der Waals surface area contributed by atoms with Gasteiger partial charge < -0.3 is 10.1 Å². The minimum absolute atomic E-state index is 0.275. The van der Waals surface area contributed by atoms with E-state index in [0.717, 1.165) is 24.8 Å². The van der Waals surface area contributed by atoms with Crippen LogP contribution in [0.1, 0.15) is 39.7 Å². The highest BCUT2D eigenvalue weighted by Gasteiger charge is 2.25. The Morgan fingerprint density at radius 3 is 2.96 bits per heavy atom. The maximum absolute atomic E-state index is 12.5. The highest BCUT2D eigenvalue weighted by atomic mass is 35.5. The molecule has 1 aliphatic rings. The highest BCUT2D eigenvalue weighted by Crippen LogP contribution is 2.39. The van der Waals surface area contributed by atoms with Crippen molar-refractivity contribution in [3.63, 3.8) is 0 Å². The lowest BCUT2D eigenvalue weighted by atomic mass is 9.88. The number of hydrogen-bond acceptors (Lipinski definition) is 4. The fourth-order valence-electron chi connectivity index (χ4n) is 2.94. The lowest BCUT2D eigenvalue weighted by Crippen LogP contribution is -2.12. The van der Waals surface area contributed by atoms with Crippen LogP contribution < -0.4 is 10.1 Å². The Hall–Kier alpha value is -2.03. The molecule has 4 nitrogen and oxygen atoms in total. The van der Waals surface area contributed by atoms with Crippen molar-refractivity contribution in [2.24, 2.45) is 5.92 Å². The van der Waals surface area contributed by atoms with Crippen molar-refractivity contribution in [3.05, 3.63) is 44.8 Å². The number of nitrogens with one attached hydrogen (secondary N) is 1. The average molecular weight is 361 g/mol. The molecule has 0 saturated carbocycles. The first kappa shape index (κ1) is 16.8. The summed E-state index contributed by atoms with van der Waals surface area (Å²) in [5.41, 5.74) is 2.14. The summed E-state index contributed by atoms with van der Waals surface area (Å²) in [5, 5.41) is 13.4. The van der Waals surface area contributed by atoms with Crippen LogP contribution in [0.3, 0.4) is 0 Å². The molecular formula is C18H17ClN2O2S. The molecular weight excluding hydrogens is 344 g/mol. The molecule has 1 aromatic heterocycles. The third kappa shape index (κ3) is 3.12. The number of carbonyl (C=O) groups is 1. The van der Waals surface area contributed by atoms with E-state index in [1.54, 1.807) is 18.2 Å². The molecule has 3 rings (SSSR count). The van der Waals surface area contributed by atoms with Crippen LogP contribution in [0.2, 0.25) is 5.02 Å². The molecule has 124 valence electrons. The van der Waals surface area contributed by atoms with Gasteiger partial charge in [0.2, 0.25) is 0 Å². The Labute approximate surface area is 150 Å². The maximum Gasteiger partial charge on any atom is 0.256 e. The van der Waals surface area contributed by atoms with Gasteiger partial charge in [-0.15, -0.1) is 11.3 Å². The number of fused-ring (bicyclic) bond motifs is 1. The summed E-state index contributed by atoms with van der Waals surface area (Å²) in [6, 6.07) is 7.13. The SMILES string of the molecule is COc1ccc(C(=O)Nc2sc3c(c2C#N)CC[C@H](C)C3)cc1Cl. The second-order valence-electron chi connectivity index (χ2n) is 5.97. The van der Waals surface area contributed by atoms with E-state index in [1.807, 2.05) is 0 Å². The Bertz CT molecular complexity index is 838. The van der Waals surface area contributed by atoms with E-state index in [-0.39, 0.29) is 5.91 Å². The summed E-state index contributed by atoms with van der Waals surface area (Å²) in [4.78, 5) is 13.7. The van der Waals surface area contributed by atoms with E-state index < -0.39 is 0 Å². The molecule has 1 heterocycles. The first-order valence-corrected chi connectivity index (χ1v) is 8.92. The van der Waals surface area contributed by atoms with Crippen LogP contribution in [0.15, 0.2) is 18.2 Å². The van der Waals surface area contributed by atoms with Crippen LogP contribution in [0.4, 0.5) is 5.00 Å². The standard InChI is InChI=1S/C18H17ClN2O2S/c1-10-3-5-12-13(9-20)18(24-16(12)7-10)21-17(22)11-4-6-15(23-2)14(19)8-11/h4,6,8,10H,3,5,7H2,1-2H3,(H,21,22)/t10-/m0/s1. The van der Waals surface area contributed by atoms with E-state index in [4.69, 9.17) is 16.3 Å². The molecule has 1 aromatic carbocycles. The number of nitrogens with zero attached hydrogens (tertiary/aromatic N) is 1. The zero-order valence-corrected chi connectivity index (χ0v) is 15.1. The second-order valence-corrected chi connectivity index (χ2v) is 7.48. The van der Waals surface area contributed by atoms with Crippen molar-refractivity contribution in [2.75, 3.05) is 12.4 Å². The number of rotatable bonds is 3. The van der Waals surface area contributed by atoms with Crippen LogP contribution in [0, 0.1) is 17.2 Å². The molecule has 1 amide bonds. The van der Waals surface area contributed by atoms with Crippen LogP contribution in [0.25, 0.3) is 0 Å². The third-order valence-electron chi connectivity index (χ3n) is 4.26. The van der Waals surface area contributed by atoms with Crippen molar-refractivity contribution in [3.8, 4) is 11.8 Å². The molecule has 0 radical (unpaired) electrons. The normalized spacial score (nSPS) is 16.2. The number of amides is 1. The molecule has 0 aliphatic heterocycles. The lowest BCUT2D eigenvalue weighted by Gasteiger charge is -2.17. The number of benzene rings is 1. The molecule has 0 spiro atoms. The number of ether oxygens (including phenoxy) is 1. The average Bonchev–Trinajstić information content (AvgIpc) is 2.90. The van der Waals surface area contributed by atoms with E-state index in [9.17, 15) is 10.1 Å². The van der Waals surface area contributed by atoms with Gasteiger partial charge in [-0.3, -0.25) is 4.79 Å². The number of nitriles is 1. The summed E-state index contributed by atoms with van der Waals surface area (Å²) < 4.78 is 5.09. The molecule has 1 N–H and O–H groups in total. The molecule has 0 fully saturated rings. The minimum Gasteiger partial charge on any atom is -0.495 e. The molecule has 0 unspecified atom stereocenters. The first-order valence-electron chi connectivity index (χ1n) is 7.73. The molecule has 0 saturated heterocycles. The topological polar surface area (TPSA) is 62.1 Å². The summed E-state index contributed by atoms with van der Waals surface area (Å²) in [6.07, 6.45) is 2.96.